The molecule has 2 aliphatic rings. The number of carbonyl (C=O) groups is 4. The van der Waals surface area contributed by atoms with Crippen molar-refractivity contribution in [1.29, 1.82) is 0 Å². The number of benzene rings is 1. The summed E-state index contributed by atoms with van der Waals surface area (Å²) in [5.41, 5.74) is 5.18. The van der Waals surface area contributed by atoms with E-state index in [2.05, 4.69) is 146 Å². The first-order valence-electron chi connectivity index (χ1n) is 36.8. The third-order valence-corrected chi connectivity index (χ3v) is 16.9. The number of aromatic nitrogens is 20. The lowest BCUT2D eigenvalue weighted by Gasteiger charge is -2.35. The zero-order valence-electron chi connectivity index (χ0n) is 63.7. The van der Waals surface area contributed by atoms with Crippen LogP contribution in [-0.4, -0.2) is 217 Å². The fourth-order valence-corrected chi connectivity index (χ4v) is 11.2. The standard InChI is InChI=1S/C22H19N7O.C21H24N8O2.C19H19N7O2.C18H19N7O2/c1-15-26-20(18-9-5-6-12-23-18)28-22(27-15)29-21(30)17-10-11-19(25-14-17)24-13-16-7-3-2-4-8-16;1-15-24-19(17-4-2-3-7-22-17)26-21(25-15)27-20(31)16-5-6-18(23-14-16)29-10-8-28(9-11-29)12-13-30;1-13-22-17(15-4-2-3-7-20-15)24-19(23-13)25-18(27)14-5-6-16(21-12-14)26-8-10-28-11-9-26;1-12-22-16(14-5-2-3-8-19-14)24-18(23-12)25-17(27)13-6-7-15(21-11-13)20-9-4-10-26/h2-12,14H,13H2,1H3,(H,24,25)(H,26,27,28,29,30);2-7,14,30H,8-13H2,1H3,(H,24,25,26,27,31);2-7,12H,8-11H2,1H3,(H,22,23,24,25,27);2-3,5-8,11,26H,4,9-10H2,1H3,(H,20,21)(H,22,23,24,25,27). The van der Waals surface area contributed by atoms with Gasteiger partial charge in [0.25, 0.3) is 23.6 Å². The maximum absolute atomic E-state index is 12.7. The van der Waals surface area contributed by atoms with Crippen LogP contribution in [0.25, 0.3) is 46.1 Å². The van der Waals surface area contributed by atoms with Crippen molar-refractivity contribution < 1.29 is 34.1 Å². The van der Waals surface area contributed by atoms with Crippen molar-refractivity contribution >= 4 is 70.7 Å². The molecule has 13 aromatic rings. The number of pyridine rings is 8. The Bertz CT molecular complexity index is 5350. The van der Waals surface area contributed by atoms with Gasteiger partial charge >= 0.3 is 0 Å². The molecule has 0 radical (unpaired) electrons. The van der Waals surface area contributed by atoms with E-state index in [-0.39, 0.29) is 60.6 Å². The minimum absolute atomic E-state index is 0.110. The lowest BCUT2D eigenvalue weighted by molar-refractivity contribution is 0.101. The normalized spacial score (nSPS) is 12.4. The van der Waals surface area contributed by atoms with E-state index < -0.39 is 0 Å². The van der Waals surface area contributed by atoms with Gasteiger partial charge in [-0.3, -0.25) is 65.3 Å². The second-order valence-corrected chi connectivity index (χ2v) is 25.5. The number of carbonyl (C=O) groups excluding carboxylic acids is 4. The number of aryl methyl sites for hydroxylation is 4. The minimum atomic E-state index is -0.373. The summed E-state index contributed by atoms with van der Waals surface area (Å²) in [6, 6.07) is 45.8. The monoisotopic (exact) mass is 1560 g/mol. The molecule has 36 nitrogen and oxygen atoms in total. The molecule has 8 N–H and O–H groups in total. The van der Waals surface area contributed by atoms with Crippen LogP contribution in [0.2, 0.25) is 0 Å². The number of aliphatic hydroxyl groups excluding tert-OH is 2. The Morgan fingerprint density at radius 1 is 0.362 bits per heavy atom. The lowest BCUT2D eigenvalue weighted by Crippen LogP contribution is -2.47. The van der Waals surface area contributed by atoms with Gasteiger partial charge in [-0.1, -0.05) is 54.6 Å². The first-order valence-corrected chi connectivity index (χ1v) is 36.8. The number of nitrogens with zero attached hydrogens (tertiary/aromatic N) is 23. The topological polar surface area (TPSA) is 458 Å². The third-order valence-electron chi connectivity index (χ3n) is 16.9. The van der Waals surface area contributed by atoms with Gasteiger partial charge in [-0.2, -0.15) is 39.9 Å². The van der Waals surface area contributed by atoms with Crippen LogP contribution in [0.4, 0.5) is 47.1 Å². The van der Waals surface area contributed by atoms with Crippen LogP contribution in [0.15, 0.2) is 201 Å². The second kappa shape index (κ2) is 41.1. The SMILES string of the molecule is Cc1nc(NC(=O)c2ccc(N3CCN(CCO)CC3)nc2)nc(-c2ccccn2)n1.Cc1nc(NC(=O)c2ccc(N3CCOCC3)nc2)nc(-c2ccccn2)n1.Cc1nc(NC(=O)c2ccc(NCCCO)nc2)nc(-c2ccccn2)n1.Cc1nc(NC(=O)c2ccc(NCc3ccccc3)nc2)nc(-c2ccccn2)n1. The number of ether oxygens (including phenoxy) is 1. The van der Waals surface area contributed by atoms with E-state index in [4.69, 9.17) is 14.9 Å². The highest BCUT2D eigenvalue weighted by molar-refractivity contribution is 6.05. The van der Waals surface area contributed by atoms with Crippen LogP contribution < -0.4 is 41.7 Å². The van der Waals surface area contributed by atoms with Crippen LogP contribution in [0, 0.1) is 27.7 Å². The first kappa shape index (κ1) is 80.9. The highest BCUT2D eigenvalue weighted by atomic mass is 16.5. The smallest absolute Gasteiger partial charge is 0.259 e. The molecular formula is C80H81N29O7. The minimum Gasteiger partial charge on any atom is -0.396 e. The summed E-state index contributed by atoms with van der Waals surface area (Å²) in [6.07, 6.45) is 13.3. The molecule has 2 saturated heterocycles. The number of hydrogen-bond acceptors (Lipinski definition) is 32. The summed E-state index contributed by atoms with van der Waals surface area (Å²) in [4.78, 5) is 142. The molecule has 0 bridgehead atoms. The van der Waals surface area contributed by atoms with Crippen molar-refractivity contribution in [1.82, 2.24) is 105 Å². The van der Waals surface area contributed by atoms with Gasteiger partial charge in [-0.05, 0) is 137 Å². The quantitative estimate of drug-likeness (QED) is 0.0282. The summed E-state index contributed by atoms with van der Waals surface area (Å²) in [5, 5.41) is 34.9. The maximum atomic E-state index is 12.7. The summed E-state index contributed by atoms with van der Waals surface area (Å²) < 4.78 is 5.34. The molecule has 12 aromatic heterocycles. The summed E-state index contributed by atoms with van der Waals surface area (Å²) in [7, 11) is 0. The Hall–Kier alpha value is -14.6. The molecule has 2 fully saturated rings. The van der Waals surface area contributed by atoms with Crippen LogP contribution in [0.5, 0.6) is 0 Å². The van der Waals surface area contributed by atoms with E-state index in [9.17, 15) is 19.2 Å². The largest absolute Gasteiger partial charge is 0.396 e. The highest BCUT2D eigenvalue weighted by Crippen LogP contribution is 2.22. The van der Waals surface area contributed by atoms with Gasteiger partial charge in [0.15, 0.2) is 23.3 Å². The molecule has 0 atom stereocenters. The zero-order chi connectivity index (χ0) is 80.8. The second-order valence-electron chi connectivity index (χ2n) is 25.5. The fraction of sp³-hybridized carbons (Fsp3) is 0.225. The number of β-amino-alcohol motifs (C(OH)–C–C–N with tert-alkyl or cyclic N) is 1. The van der Waals surface area contributed by atoms with E-state index in [1.807, 2.05) is 84.9 Å². The van der Waals surface area contributed by atoms with E-state index in [1.54, 1.807) is 132 Å². The Labute approximate surface area is 665 Å². The number of hydrogen-bond donors (Lipinski definition) is 8. The molecule has 0 aliphatic carbocycles. The average Bonchev–Trinajstić information content (AvgIpc) is 0.839. The van der Waals surface area contributed by atoms with Gasteiger partial charge in [0.2, 0.25) is 23.8 Å². The average molecular weight is 1560 g/mol. The molecule has 1 aromatic carbocycles. The number of rotatable bonds is 23. The molecule has 14 heterocycles. The molecule has 36 heteroatoms. The third kappa shape index (κ3) is 24.0. The Morgan fingerprint density at radius 3 is 1.04 bits per heavy atom. The lowest BCUT2D eigenvalue weighted by atomic mass is 10.2. The molecule has 4 amide bonds. The summed E-state index contributed by atoms with van der Waals surface area (Å²) >= 11 is 0. The Kier molecular flexibility index (Phi) is 28.6. The van der Waals surface area contributed by atoms with Gasteiger partial charge in [0.05, 0.1) is 42.1 Å². The Morgan fingerprint density at radius 2 is 0.716 bits per heavy atom. The van der Waals surface area contributed by atoms with Crippen molar-refractivity contribution in [3.8, 4) is 46.1 Å². The predicted molar refractivity (Wildman–Crippen MR) is 433 cm³/mol. The maximum Gasteiger partial charge on any atom is 0.259 e. The summed E-state index contributed by atoms with van der Waals surface area (Å²) in [5.74, 6) is 5.76. The van der Waals surface area contributed by atoms with E-state index in [1.165, 1.54) is 12.4 Å². The highest BCUT2D eigenvalue weighted by Gasteiger charge is 2.22. The van der Waals surface area contributed by atoms with Gasteiger partial charge in [-0.25, -0.2) is 39.9 Å². The fourth-order valence-electron chi connectivity index (χ4n) is 11.2. The van der Waals surface area contributed by atoms with Crippen molar-refractivity contribution in [3.05, 3.63) is 252 Å². The van der Waals surface area contributed by atoms with Crippen molar-refractivity contribution in [3.63, 3.8) is 0 Å². The van der Waals surface area contributed by atoms with E-state index in [0.717, 1.165) is 56.5 Å². The van der Waals surface area contributed by atoms with Crippen molar-refractivity contribution in [2.45, 2.75) is 40.7 Å². The number of anilines is 8. The molecule has 0 spiro atoms. The van der Waals surface area contributed by atoms with Crippen LogP contribution in [-0.2, 0) is 11.3 Å². The number of morpholine rings is 1. The number of aliphatic hydroxyl groups is 2. The predicted octanol–water partition coefficient (Wildman–Crippen LogP) is 7.91. The molecule has 15 rings (SSSR count). The molecular weight excluding hydrogens is 1480 g/mol. The van der Waals surface area contributed by atoms with Crippen LogP contribution in [0.1, 0.15) is 76.7 Å². The number of amides is 4. The molecule has 0 saturated carbocycles. The molecule has 2 aliphatic heterocycles. The molecule has 588 valence electrons. The van der Waals surface area contributed by atoms with Crippen molar-refractivity contribution in [2.24, 2.45) is 0 Å². The zero-order valence-corrected chi connectivity index (χ0v) is 63.7. The van der Waals surface area contributed by atoms with Gasteiger partial charge in [-0.15, -0.1) is 0 Å². The van der Waals surface area contributed by atoms with Crippen molar-refractivity contribution in [2.75, 3.05) is 120 Å². The number of nitrogens with one attached hydrogen (secondary N) is 6. The van der Waals surface area contributed by atoms with Crippen LogP contribution in [0.3, 0.4) is 0 Å². The first-order chi connectivity index (χ1) is 56.6. The van der Waals surface area contributed by atoms with E-state index in [0.29, 0.717) is 143 Å². The Balaban J connectivity index is 0.000000143. The van der Waals surface area contributed by atoms with E-state index >= 15 is 0 Å². The van der Waals surface area contributed by atoms with Gasteiger partial charge in [0.1, 0.15) is 69.3 Å². The number of piperazine rings is 1. The molecule has 116 heavy (non-hydrogen) atoms. The molecule has 0 unspecified atom stereocenters. The van der Waals surface area contributed by atoms with Gasteiger partial charge in [0, 0.05) is 115 Å². The van der Waals surface area contributed by atoms with Gasteiger partial charge < -0.3 is 35.4 Å². The summed E-state index contributed by atoms with van der Waals surface area (Å²) in [6.45, 7) is 15.5. The van der Waals surface area contributed by atoms with Crippen LogP contribution >= 0.6 is 0 Å².